The van der Waals surface area contributed by atoms with Crippen LogP contribution in [0, 0.1) is 6.92 Å². The maximum Gasteiger partial charge on any atom is 0.242 e. The molecule has 2 rings (SSSR count). The van der Waals surface area contributed by atoms with Crippen molar-refractivity contribution in [1.29, 1.82) is 0 Å². The van der Waals surface area contributed by atoms with E-state index in [1.807, 2.05) is 70.2 Å². The maximum atomic E-state index is 13.1. The van der Waals surface area contributed by atoms with Gasteiger partial charge in [-0.1, -0.05) is 53.6 Å². The van der Waals surface area contributed by atoms with Gasteiger partial charge in [0.2, 0.25) is 11.8 Å². The van der Waals surface area contributed by atoms with E-state index in [1.165, 1.54) is 11.8 Å². The van der Waals surface area contributed by atoms with Crippen LogP contribution in [0.15, 0.2) is 48.5 Å². The van der Waals surface area contributed by atoms with E-state index < -0.39 is 6.04 Å². The number of hydrogen-bond acceptors (Lipinski definition) is 3. The van der Waals surface area contributed by atoms with Gasteiger partial charge in [0.05, 0.1) is 5.75 Å². The van der Waals surface area contributed by atoms with Gasteiger partial charge in [0, 0.05) is 22.9 Å². The van der Waals surface area contributed by atoms with Crippen molar-refractivity contribution < 1.29 is 9.59 Å². The summed E-state index contributed by atoms with van der Waals surface area (Å²) in [6.45, 7) is 10.0. The molecule has 0 saturated carbocycles. The van der Waals surface area contributed by atoms with Crippen molar-refractivity contribution >= 4 is 35.2 Å². The van der Waals surface area contributed by atoms with Crippen LogP contribution >= 0.6 is 23.4 Å². The van der Waals surface area contributed by atoms with Gasteiger partial charge in [0.25, 0.3) is 0 Å². The third-order valence-corrected chi connectivity index (χ3v) is 5.75. The normalized spacial score (nSPS) is 12.3. The maximum absolute atomic E-state index is 13.1. The van der Waals surface area contributed by atoms with Crippen LogP contribution in [0.4, 0.5) is 0 Å². The predicted molar refractivity (Wildman–Crippen MR) is 127 cm³/mol. The van der Waals surface area contributed by atoms with Crippen LogP contribution in [0.1, 0.15) is 44.4 Å². The number of aryl methyl sites for hydroxylation is 1. The van der Waals surface area contributed by atoms with Crippen LogP contribution < -0.4 is 5.32 Å². The number of thioether (sulfide) groups is 1. The summed E-state index contributed by atoms with van der Waals surface area (Å²) in [5.74, 6) is 0.823. The Kier molecular flexibility index (Phi) is 8.80. The van der Waals surface area contributed by atoms with Gasteiger partial charge < -0.3 is 10.2 Å². The van der Waals surface area contributed by atoms with Gasteiger partial charge in [-0.15, -0.1) is 11.8 Å². The lowest BCUT2D eigenvalue weighted by molar-refractivity contribution is -0.139. The number of hydrogen-bond donors (Lipinski definition) is 1. The highest BCUT2D eigenvalue weighted by atomic mass is 35.5. The number of amides is 2. The molecular weight excluding hydrogens is 416 g/mol. The molecule has 0 aliphatic carbocycles. The summed E-state index contributed by atoms with van der Waals surface area (Å²) in [6.07, 6.45) is 0. The van der Waals surface area contributed by atoms with Crippen LogP contribution in [0.2, 0.25) is 5.02 Å². The minimum absolute atomic E-state index is 0.0490. The van der Waals surface area contributed by atoms with E-state index in [0.29, 0.717) is 23.1 Å². The molecule has 0 bridgehead atoms. The quantitative estimate of drug-likeness (QED) is 0.605. The second kappa shape index (κ2) is 10.9. The van der Waals surface area contributed by atoms with Crippen molar-refractivity contribution in [1.82, 2.24) is 10.2 Å². The zero-order valence-corrected chi connectivity index (χ0v) is 19.9. The smallest absolute Gasteiger partial charge is 0.242 e. The number of halogens is 1. The molecule has 0 spiro atoms. The van der Waals surface area contributed by atoms with Crippen LogP contribution in [0.3, 0.4) is 0 Å². The summed E-state index contributed by atoms with van der Waals surface area (Å²) >= 11 is 7.47. The molecule has 1 unspecified atom stereocenters. The summed E-state index contributed by atoms with van der Waals surface area (Å²) in [7, 11) is 0. The Morgan fingerprint density at radius 2 is 1.77 bits per heavy atom. The van der Waals surface area contributed by atoms with Crippen molar-refractivity contribution in [2.75, 3.05) is 5.75 Å². The predicted octanol–water partition coefficient (Wildman–Crippen LogP) is 5.21. The van der Waals surface area contributed by atoms with Crippen molar-refractivity contribution in [3.05, 3.63) is 70.2 Å². The molecule has 2 aromatic rings. The van der Waals surface area contributed by atoms with Gasteiger partial charge in [-0.25, -0.2) is 0 Å². The Hall–Kier alpha value is -1.98. The highest BCUT2D eigenvalue weighted by Crippen LogP contribution is 2.18. The largest absolute Gasteiger partial charge is 0.350 e. The molecule has 1 atom stereocenters. The lowest BCUT2D eigenvalue weighted by atomic mass is 10.1. The number of benzene rings is 2. The molecule has 30 heavy (non-hydrogen) atoms. The first-order valence-corrected chi connectivity index (χ1v) is 11.6. The summed E-state index contributed by atoms with van der Waals surface area (Å²) in [4.78, 5) is 27.5. The third kappa shape index (κ3) is 8.04. The number of nitrogens with one attached hydrogen (secondary N) is 1. The number of rotatable bonds is 8. The van der Waals surface area contributed by atoms with Crippen molar-refractivity contribution in [3.63, 3.8) is 0 Å². The molecule has 0 fully saturated rings. The first-order chi connectivity index (χ1) is 14.0. The zero-order chi connectivity index (χ0) is 22.3. The molecule has 0 radical (unpaired) electrons. The summed E-state index contributed by atoms with van der Waals surface area (Å²) in [5, 5.41) is 3.68. The van der Waals surface area contributed by atoms with Gasteiger partial charge in [0.1, 0.15) is 6.04 Å². The van der Waals surface area contributed by atoms with E-state index in [-0.39, 0.29) is 17.4 Å². The minimum atomic E-state index is -0.562. The molecule has 4 nitrogen and oxygen atoms in total. The van der Waals surface area contributed by atoms with Crippen LogP contribution in [-0.4, -0.2) is 34.0 Å². The standard InChI is InChI=1S/C24H31ClN2O2S/c1-17-7-6-8-20(13-17)14-27(18(2)23(29)26-24(3,4)5)22(28)16-30-15-19-9-11-21(25)12-10-19/h6-13,18H,14-16H2,1-5H3,(H,26,29). The highest BCUT2D eigenvalue weighted by Gasteiger charge is 2.28. The molecule has 6 heteroatoms. The molecule has 0 saturated heterocycles. The van der Waals surface area contributed by atoms with Gasteiger partial charge in [-0.05, 0) is 57.9 Å². The van der Waals surface area contributed by atoms with E-state index in [2.05, 4.69) is 11.4 Å². The fourth-order valence-electron chi connectivity index (χ4n) is 2.98. The molecular formula is C24H31ClN2O2S. The zero-order valence-electron chi connectivity index (χ0n) is 18.4. The Morgan fingerprint density at radius 1 is 1.10 bits per heavy atom. The molecule has 1 N–H and O–H groups in total. The van der Waals surface area contributed by atoms with E-state index in [1.54, 1.807) is 11.8 Å². The van der Waals surface area contributed by atoms with Crippen LogP contribution in [0.25, 0.3) is 0 Å². The molecule has 0 aliphatic rings. The van der Waals surface area contributed by atoms with Gasteiger partial charge in [0.15, 0.2) is 0 Å². The second-order valence-electron chi connectivity index (χ2n) is 8.55. The minimum Gasteiger partial charge on any atom is -0.350 e. The lowest BCUT2D eigenvalue weighted by Crippen LogP contribution is -2.52. The molecule has 2 aromatic carbocycles. The fourth-order valence-corrected chi connectivity index (χ4v) is 3.98. The first kappa shape index (κ1) is 24.3. The van der Waals surface area contributed by atoms with Crippen molar-refractivity contribution in [2.45, 2.75) is 58.5 Å². The molecule has 0 aromatic heterocycles. The number of nitrogens with zero attached hydrogens (tertiary/aromatic N) is 1. The van der Waals surface area contributed by atoms with E-state index in [4.69, 9.17) is 11.6 Å². The van der Waals surface area contributed by atoms with E-state index in [0.717, 1.165) is 16.7 Å². The first-order valence-electron chi connectivity index (χ1n) is 10.0. The third-order valence-electron chi connectivity index (χ3n) is 4.51. The monoisotopic (exact) mass is 446 g/mol. The van der Waals surface area contributed by atoms with Gasteiger partial charge >= 0.3 is 0 Å². The average Bonchev–Trinajstić information content (AvgIpc) is 2.65. The second-order valence-corrected chi connectivity index (χ2v) is 9.97. The van der Waals surface area contributed by atoms with Crippen LogP contribution in [-0.2, 0) is 21.9 Å². The number of carbonyl (C=O) groups is 2. The van der Waals surface area contributed by atoms with E-state index in [9.17, 15) is 9.59 Å². The Morgan fingerprint density at radius 3 is 2.37 bits per heavy atom. The Bertz CT molecular complexity index is 862. The molecule has 0 heterocycles. The average molecular weight is 447 g/mol. The summed E-state index contributed by atoms with van der Waals surface area (Å²) in [6, 6.07) is 15.1. The molecule has 162 valence electrons. The topological polar surface area (TPSA) is 49.4 Å². The molecule has 2 amide bonds. The lowest BCUT2D eigenvalue weighted by Gasteiger charge is -2.31. The fraction of sp³-hybridized carbons (Fsp3) is 0.417. The number of carbonyl (C=O) groups excluding carboxylic acids is 2. The summed E-state index contributed by atoms with van der Waals surface area (Å²) in [5.41, 5.74) is 2.90. The van der Waals surface area contributed by atoms with Crippen molar-refractivity contribution in [2.24, 2.45) is 0 Å². The van der Waals surface area contributed by atoms with Gasteiger partial charge in [-0.2, -0.15) is 0 Å². The Labute approximate surface area is 189 Å². The van der Waals surface area contributed by atoms with Crippen molar-refractivity contribution in [3.8, 4) is 0 Å². The summed E-state index contributed by atoms with van der Waals surface area (Å²) < 4.78 is 0. The van der Waals surface area contributed by atoms with E-state index >= 15 is 0 Å². The Balaban J connectivity index is 2.09. The van der Waals surface area contributed by atoms with Gasteiger partial charge in [-0.3, -0.25) is 9.59 Å². The molecule has 0 aliphatic heterocycles. The SMILES string of the molecule is Cc1cccc(CN(C(=O)CSCc2ccc(Cl)cc2)C(C)C(=O)NC(C)(C)C)c1. The van der Waals surface area contributed by atoms with Crippen LogP contribution in [0.5, 0.6) is 0 Å². The highest BCUT2D eigenvalue weighted by molar-refractivity contribution is 7.99.